The summed E-state index contributed by atoms with van der Waals surface area (Å²) in [5.74, 6) is 1.48. The molecule has 0 heterocycles. The monoisotopic (exact) mass is 315 g/mol. The SMILES string of the molecule is CC1CCC(C(N)c2ccc(Br)c(Cl)c2)CC1. The van der Waals surface area contributed by atoms with Gasteiger partial charge in [-0.15, -0.1) is 0 Å². The Kier molecular flexibility index (Phi) is 4.51. The van der Waals surface area contributed by atoms with Crippen LogP contribution in [0.5, 0.6) is 0 Å². The van der Waals surface area contributed by atoms with E-state index in [9.17, 15) is 0 Å². The van der Waals surface area contributed by atoms with Crippen LogP contribution in [-0.4, -0.2) is 0 Å². The number of benzene rings is 1. The Morgan fingerprint density at radius 2 is 1.94 bits per heavy atom. The van der Waals surface area contributed by atoms with E-state index in [1.54, 1.807) is 0 Å². The van der Waals surface area contributed by atoms with E-state index in [4.69, 9.17) is 17.3 Å². The third-order valence-corrected chi connectivity index (χ3v) is 5.13. The minimum atomic E-state index is 0.132. The molecule has 1 aromatic rings. The number of hydrogen-bond donors (Lipinski definition) is 1. The molecule has 0 amide bonds. The highest BCUT2D eigenvalue weighted by Gasteiger charge is 2.24. The van der Waals surface area contributed by atoms with Crippen molar-refractivity contribution in [1.29, 1.82) is 0 Å². The van der Waals surface area contributed by atoms with Gasteiger partial charge < -0.3 is 5.73 Å². The minimum Gasteiger partial charge on any atom is -0.324 e. The number of rotatable bonds is 2. The first-order valence-corrected chi connectivity index (χ1v) is 7.45. The van der Waals surface area contributed by atoms with E-state index in [1.165, 1.54) is 25.7 Å². The summed E-state index contributed by atoms with van der Waals surface area (Å²) in [7, 11) is 0. The van der Waals surface area contributed by atoms with Crippen molar-refractivity contribution in [2.24, 2.45) is 17.6 Å². The Morgan fingerprint density at radius 3 is 2.53 bits per heavy atom. The van der Waals surface area contributed by atoms with Gasteiger partial charge in [-0.05, 0) is 58.3 Å². The summed E-state index contributed by atoms with van der Waals surface area (Å²) in [6, 6.07) is 6.20. The Balaban J connectivity index is 2.08. The molecule has 0 bridgehead atoms. The highest BCUT2D eigenvalue weighted by Crippen LogP contribution is 2.36. The fourth-order valence-corrected chi connectivity index (χ4v) is 3.07. The molecule has 0 saturated heterocycles. The van der Waals surface area contributed by atoms with E-state index in [-0.39, 0.29) is 6.04 Å². The van der Waals surface area contributed by atoms with Crippen LogP contribution in [0.3, 0.4) is 0 Å². The van der Waals surface area contributed by atoms with Crippen molar-refractivity contribution in [3.63, 3.8) is 0 Å². The predicted octanol–water partition coefficient (Wildman–Crippen LogP) is 4.93. The van der Waals surface area contributed by atoms with Gasteiger partial charge >= 0.3 is 0 Å². The Labute approximate surface area is 117 Å². The van der Waals surface area contributed by atoms with E-state index >= 15 is 0 Å². The molecule has 3 heteroatoms. The van der Waals surface area contributed by atoms with Crippen LogP contribution < -0.4 is 5.73 Å². The lowest BCUT2D eigenvalue weighted by Crippen LogP contribution is -2.25. The van der Waals surface area contributed by atoms with Gasteiger partial charge in [0.1, 0.15) is 0 Å². The minimum absolute atomic E-state index is 0.132. The molecule has 1 unspecified atom stereocenters. The van der Waals surface area contributed by atoms with Gasteiger partial charge in [-0.25, -0.2) is 0 Å². The van der Waals surface area contributed by atoms with Gasteiger partial charge in [0.2, 0.25) is 0 Å². The molecule has 1 aromatic carbocycles. The quantitative estimate of drug-likeness (QED) is 0.822. The van der Waals surface area contributed by atoms with Gasteiger partial charge in [0.05, 0.1) is 5.02 Å². The molecule has 1 fully saturated rings. The van der Waals surface area contributed by atoms with Gasteiger partial charge in [0.25, 0.3) is 0 Å². The summed E-state index contributed by atoms with van der Waals surface area (Å²) in [6.07, 6.45) is 5.11. The van der Waals surface area contributed by atoms with Crippen LogP contribution in [-0.2, 0) is 0 Å². The number of hydrogen-bond acceptors (Lipinski definition) is 1. The maximum atomic E-state index is 6.36. The third-order valence-electron chi connectivity index (χ3n) is 3.90. The smallest absolute Gasteiger partial charge is 0.0551 e. The lowest BCUT2D eigenvalue weighted by Gasteiger charge is -2.31. The average Bonchev–Trinajstić information content (AvgIpc) is 2.33. The fraction of sp³-hybridized carbons (Fsp3) is 0.571. The van der Waals surface area contributed by atoms with E-state index < -0.39 is 0 Å². The first-order valence-electron chi connectivity index (χ1n) is 6.28. The molecule has 0 spiro atoms. The van der Waals surface area contributed by atoms with Crippen molar-refractivity contribution in [3.05, 3.63) is 33.3 Å². The molecule has 1 atom stereocenters. The second-order valence-corrected chi connectivity index (χ2v) is 6.48. The fourth-order valence-electron chi connectivity index (χ4n) is 2.64. The van der Waals surface area contributed by atoms with Gasteiger partial charge in [-0.3, -0.25) is 0 Å². The molecule has 0 aromatic heterocycles. The Morgan fingerprint density at radius 1 is 1.29 bits per heavy atom. The number of nitrogens with two attached hydrogens (primary N) is 1. The zero-order valence-corrected chi connectivity index (χ0v) is 12.5. The van der Waals surface area contributed by atoms with E-state index in [1.807, 2.05) is 12.1 Å². The Bertz CT molecular complexity index is 386. The van der Waals surface area contributed by atoms with Crippen LogP contribution in [0.25, 0.3) is 0 Å². The van der Waals surface area contributed by atoms with Gasteiger partial charge in [0.15, 0.2) is 0 Å². The summed E-state index contributed by atoms with van der Waals surface area (Å²) >= 11 is 9.53. The van der Waals surface area contributed by atoms with Gasteiger partial charge in [0, 0.05) is 10.5 Å². The number of halogens is 2. The summed E-state index contributed by atoms with van der Waals surface area (Å²) in [5, 5.41) is 0.752. The van der Waals surface area contributed by atoms with Gasteiger partial charge in [-0.1, -0.05) is 37.4 Å². The maximum Gasteiger partial charge on any atom is 0.0551 e. The molecular weight excluding hydrogens is 298 g/mol. The maximum absolute atomic E-state index is 6.36. The molecular formula is C14H19BrClN. The zero-order valence-electron chi connectivity index (χ0n) is 10.1. The van der Waals surface area contributed by atoms with Crippen LogP contribution >= 0.6 is 27.5 Å². The van der Waals surface area contributed by atoms with E-state index in [0.29, 0.717) is 5.92 Å². The van der Waals surface area contributed by atoms with Crippen LogP contribution in [0.15, 0.2) is 22.7 Å². The van der Waals surface area contributed by atoms with Crippen LogP contribution in [0.4, 0.5) is 0 Å². The lowest BCUT2D eigenvalue weighted by molar-refractivity contribution is 0.256. The van der Waals surface area contributed by atoms with Crippen LogP contribution in [0, 0.1) is 11.8 Å². The summed E-state index contributed by atoms with van der Waals surface area (Å²) < 4.78 is 0.937. The second-order valence-electron chi connectivity index (χ2n) is 5.22. The first-order chi connectivity index (χ1) is 8.08. The molecule has 2 N–H and O–H groups in total. The van der Waals surface area contributed by atoms with Gasteiger partial charge in [-0.2, -0.15) is 0 Å². The molecule has 17 heavy (non-hydrogen) atoms. The second kappa shape index (κ2) is 5.73. The largest absolute Gasteiger partial charge is 0.324 e. The van der Waals surface area contributed by atoms with Crippen molar-refractivity contribution < 1.29 is 0 Å². The van der Waals surface area contributed by atoms with Crippen molar-refractivity contribution in [1.82, 2.24) is 0 Å². The lowest BCUT2D eigenvalue weighted by atomic mass is 9.78. The highest BCUT2D eigenvalue weighted by atomic mass is 79.9. The molecule has 1 aliphatic rings. The van der Waals surface area contributed by atoms with Crippen molar-refractivity contribution in [2.45, 2.75) is 38.6 Å². The molecule has 1 saturated carbocycles. The first kappa shape index (κ1) is 13.4. The normalized spacial score (nSPS) is 26.8. The van der Waals surface area contributed by atoms with Crippen molar-refractivity contribution >= 4 is 27.5 Å². The molecule has 1 aliphatic carbocycles. The standard InChI is InChI=1S/C14H19BrClN/c1-9-2-4-10(5-3-9)14(17)11-6-7-12(15)13(16)8-11/h6-10,14H,2-5,17H2,1H3. The van der Waals surface area contributed by atoms with E-state index in [2.05, 4.69) is 28.9 Å². The zero-order chi connectivity index (χ0) is 12.4. The summed E-state index contributed by atoms with van der Waals surface area (Å²) in [5.41, 5.74) is 7.52. The molecule has 0 radical (unpaired) electrons. The molecule has 1 nitrogen and oxygen atoms in total. The predicted molar refractivity (Wildman–Crippen MR) is 77.2 cm³/mol. The molecule has 0 aliphatic heterocycles. The van der Waals surface area contributed by atoms with Crippen LogP contribution in [0.2, 0.25) is 5.02 Å². The average molecular weight is 317 g/mol. The molecule has 94 valence electrons. The summed E-state index contributed by atoms with van der Waals surface area (Å²) in [6.45, 7) is 2.33. The van der Waals surface area contributed by atoms with Crippen molar-refractivity contribution in [3.8, 4) is 0 Å². The Hall–Kier alpha value is -0.0500. The summed E-state index contributed by atoms with van der Waals surface area (Å²) in [4.78, 5) is 0. The molecule has 2 rings (SSSR count). The van der Waals surface area contributed by atoms with Crippen molar-refractivity contribution in [2.75, 3.05) is 0 Å². The van der Waals surface area contributed by atoms with E-state index in [0.717, 1.165) is 21.0 Å². The third kappa shape index (κ3) is 3.24. The topological polar surface area (TPSA) is 26.0 Å². The highest BCUT2D eigenvalue weighted by molar-refractivity contribution is 9.10. The van der Waals surface area contributed by atoms with Crippen LogP contribution in [0.1, 0.15) is 44.2 Å².